The average Bonchev–Trinajstić information content (AvgIpc) is 1.25. The molecule has 0 fully saturated rings. The fourth-order valence-corrected chi connectivity index (χ4v) is 0. The lowest BCUT2D eigenvalue weighted by Crippen LogP contribution is -2.22. The molecule has 0 N–H and O–H groups in total. The highest BCUT2D eigenvalue weighted by molar-refractivity contribution is 9.11. The summed E-state index contributed by atoms with van der Waals surface area (Å²) in [4.78, 5) is 0. The van der Waals surface area contributed by atoms with E-state index in [9.17, 15) is 0 Å². The maximum absolute atomic E-state index is 5.30. The van der Waals surface area contributed by atoms with E-state index >= 15 is 0 Å². The first kappa shape index (κ1) is 9.93. The third kappa shape index (κ3) is 3.19. The summed E-state index contributed by atoms with van der Waals surface area (Å²) in [6, 6.07) is 0. The van der Waals surface area contributed by atoms with Gasteiger partial charge in [-0.3, -0.25) is 0 Å². The Kier molecular flexibility index (Phi) is 3.59. The van der Waals surface area contributed by atoms with E-state index in [-0.39, 0.29) is 0 Å². The second-order valence-corrected chi connectivity index (χ2v) is 6.71. The van der Waals surface area contributed by atoms with Gasteiger partial charge in [-0.15, -0.1) is 0 Å². The van der Waals surface area contributed by atoms with E-state index in [1.807, 2.05) is 0 Å². The molecule has 0 saturated heterocycles. The Morgan fingerprint density at radius 3 is 1.00 bits per heavy atom. The lowest BCUT2D eigenvalue weighted by atomic mass is 10.9. The van der Waals surface area contributed by atoms with Gasteiger partial charge in [0.2, 0.25) is 7.04 Å². The molecule has 0 aliphatic rings. The summed E-state index contributed by atoms with van der Waals surface area (Å²) in [5, 5.41) is 0. The van der Waals surface area contributed by atoms with Crippen LogP contribution in [0, 0.1) is 0 Å². The van der Waals surface area contributed by atoms with Crippen molar-refractivity contribution in [1.82, 2.24) is 0 Å². The van der Waals surface area contributed by atoms with Gasteiger partial charge < -0.3 is 0 Å². The third-order valence-corrected chi connectivity index (χ3v) is 3.60. The fraction of sp³-hybridized carbons (Fsp3) is 1.00. The highest BCUT2D eigenvalue weighted by Gasteiger charge is 2.43. The molecule has 50 valence electrons. The van der Waals surface area contributed by atoms with Crippen LogP contribution >= 0.6 is 73.9 Å². The van der Waals surface area contributed by atoms with Crippen molar-refractivity contribution in [3.05, 3.63) is 0 Å². The van der Waals surface area contributed by atoms with Gasteiger partial charge in [0.1, 0.15) is 0 Å². The van der Waals surface area contributed by atoms with Crippen LogP contribution in [0.1, 0.15) is 0 Å². The van der Waals surface area contributed by atoms with Crippen LogP contribution in [-0.4, -0.2) is 7.04 Å². The van der Waals surface area contributed by atoms with Gasteiger partial charge in [-0.1, -0.05) is 58.0 Å². The predicted octanol–water partition coefficient (Wildman–Crippen LogP) is 3.88. The Bertz CT molecular complexity index is 65.4. The molecule has 0 aliphatic heterocycles. The molecule has 0 aromatic rings. The lowest BCUT2D eigenvalue weighted by molar-refractivity contribution is 1.14. The Morgan fingerprint density at radius 1 is 0.875 bits per heavy atom. The largest absolute Gasteiger partial charge is 0.232 e. The van der Waals surface area contributed by atoms with Gasteiger partial charge in [-0.25, -0.2) is 0 Å². The topological polar surface area (TPSA) is 0 Å². The molecule has 8 heavy (non-hydrogen) atoms. The van der Waals surface area contributed by atoms with Gasteiger partial charge in [-0.2, -0.15) is 0 Å². The number of hydrogen-bond acceptors (Lipinski definition) is 0. The maximum Gasteiger partial charge on any atom is 0.232 e. The summed E-state index contributed by atoms with van der Waals surface area (Å²) in [7, 11) is 0. The van der Waals surface area contributed by atoms with E-state index in [4.69, 9.17) is 58.0 Å². The van der Waals surface area contributed by atoms with Gasteiger partial charge in [0.05, 0.1) is 0 Å². The average molecular weight is 281 g/mol. The number of alkyl halides is 6. The minimum Gasteiger partial charge on any atom is -0.0839 e. The van der Waals surface area contributed by atoms with Crippen molar-refractivity contribution < 1.29 is 0 Å². The van der Waals surface area contributed by atoms with Gasteiger partial charge in [-0.05, 0) is 15.9 Å². The van der Waals surface area contributed by atoms with E-state index in [0.717, 1.165) is 0 Å². The molecule has 0 aliphatic carbocycles. The van der Waals surface area contributed by atoms with Crippen LogP contribution in [0.3, 0.4) is 0 Å². The van der Waals surface area contributed by atoms with Gasteiger partial charge in [0, 0.05) is 0 Å². The molecule has 0 radical (unpaired) electrons. The molecule has 0 atom stereocenters. The molecule has 0 saturated carbocycles. The number of hydrogen-bond donors (Lipinski definition) is 0. The van der Waals surface area contributed by atoms with Gasteiger partial charge in [0.25, 0.3) is 0 Å². The van der Waals surface area contributed by atoms with Crippen molar-refractivity contribution in [2.75, 3.05) is 0 Å². The van der Waals surface area contributed by atoms with Crippen molar-refractivity contribution in [2.24, 2.45) is 0 Å². The number of rotatable bonds is 0. The molecule has 0 nitrogen and oxygen atoms in total. The standard InChI is InChI=1S/C2BrCl5/c3-1(4,5)2(6,7)8. The second kappa shape index (κ2) is 2.89. The van der Waals surface area contributed by atoms with E-state index in [1.165, 1.54) is 0 Å². The van der Waals surface area contributed by atoms with Crippen molar-refractivity contribution in [2.45, 2.75) is 7.04 Å². The fourth-order valence-electron chi connectivity index (χ4n) is 0. The Morgan fingerprint density at radius 2 is 1.00 bits per heavy atom. The van der Waals surface area contributed by atoms with Crippen molar-refractivity contribution in [3.63, 3.8) is 0 Å². The van der Waals surface area contributed by atoms with Crippen molar-refractivity contribution in [3.8, 4) is 0 Å². The second-order valence-electron chi connectivity index (χ2n) is 0.996. The highest BCUT2D eigenvalue weighted by Crippen LogP contribution is 2.49. The number of halogens is 6. The van der Waals surface area contributed by atoms with Crippen molar-refractivity contribution >= 4 is 73.9 Å². The highest BCUT2D eigenvalue weighted by atomic mass is 79.9. The molecule has 6 heteroatoms. The SMILES string of the molecule is ClC(Cl)(Cl)C(Cl)(Cl)Br. The Labute approximate surface area is 80.5 Å². The summed E-state index contributed by atoms with van der Waals surface area (Å²) in [6.45, 7) is 0. The summed E-state index contributed by atoms with van der Waals surface area (Å²) in [6.07, 6.45) is 0. The predicted molar refractivity (Wildman–Crippen MR) is 43.7 cm³/mol. The normalized spacial score (nSPS) is 14.2. The summed E-state index contributed by atoms with van der Waals surface area (Å²) in [5.74, 6) is 0. The van der Waals surface area contributed by atoms with Crippen LogP contribution in [0.4, 0.5) is 0 Å². The van der Waals surface area contributed by atoms with Gasteiger partial charge >= 0.3 is 0 Å². The molecule has 0 heterocycles. The minimum absolute atomic E-state index is 1.51. The Hall–Kier alpha value is 1.93. The summed E-state index contributed by atoms with van der Waals surface area (Å²) >= 11 is 29.0. The molecular weight excluding hydrogens is 281 g/mol. The maximum atomic E-state index is 5.30. The first-order valence-electron chi connectivity index (χ1n) is 1.38. The van der Waals surface area contributed by atoms with Crippen LogP contribution < -0.4 is 0 Å². The Balaban J connectivity index is 4.02. The van der Waals surface area contributed by atoms with Crippen LogP contribution in [0.15, 0.2) is 0 Å². The van der Waals surface area contributed by atoms with Crippen LogP contribution in [0.25, 0.3) is 0 Å². The molecule has 0 spiro atoms. The monoisotopic (exact) mass is 278 g/mol. The molecule has 0 aromatic carbocycles. The molecular formula is C2BrCl5. The lowest BCUT2D eigenvalue weighted by Gasteiger charge is -2.19. The zero-order valence-electron chi connectivity index (χ0n) is 3.27. The van der Waals surface area contributed by atoms with E-state index in [2.05, 4.69) is 15.9 Å². The van der Waals surface area contributed by atoms with E-state index in [0.29, 0.717) is 0 Å². The summed E-state index contributed by atoms with van der Waals surface area (Å²) < 4.78 is -3.21. The van der Waals surface area contributed by atoms with Crippen LogP contribution in [0.2, 0.25) is 0 Å². The van der Waals surface area contributed by atoms with Crippen LogP contribution in [-0.2, 0) is 0 Å². The van der Waals surface area contributed by atoms with E-state index in [1.54, 1.807) is 0 Å². The first-order valence-corrected chi connectivity index (χ1v) is 4.07. The van der Waals surface area contributed by atoms with Crippen LogP contribution in [0.5, 0.6) is 0 Å². The zero-order valence-corrected chi connectivity index (χ0v) is 8.63. The quantitative estimate of drug-likeness (QED) is 0.591. The molecule has 0 aromatic heterocycles. The molecule has 0 unspecified atom stereocenters. The smallest absolute Gasteiger partial charge is 0.0839 e. The molecule has 0 rings (SSSR count). The summed E-state index contributed by atoms with van der Waals surface area (Å²) in [5.41, 5.74) is 0. The first-order chi connectivity index (χ1) is 3.25. The minimum atomic E-state index is -1.70. The third-order valence-electron chi connectivity index (χ3n) is 0.321. The molecule has 0 amide bonds. The molecule has 0 bridgehead atoms. The van der Waals surface area contributed by atoms with Crippen molar-refractivity contribution in [1.29, 1.82) is 0 Å². The van der Waals surface area contributed by atoms with E-state index < -0.39 is 7.04 Å². The van der Waals surface area contributed by atoms with Gasteiger partial charge in [0.15, 0.2) is 0 Å². The zero-order chi connectivity index (χ0) is 7.00.